The standard InChI is InChI=1S/C21H23N3O4S3/c1-4-24(5-2)19(25)13-29-21-23-16-11-10-14(12-17(16)30-21)22-20(26)15-8-6-7-9-18(15)31(3,27)28/h6-12H,4-5,13H2,1-3H3,(H,22,26). The zero-order valence-electron chi connectivity index (χ0n) is 17.4. The number of thioether (sulfide) groups is 1. The number of thiazole rings is 1. The smallest absolute Gasteiger partial charge is 0.256 e. The lowest BCUT2D eigenvalue weighted by Gasteiger charge is -2.17. The van der Waals surface area contributed by atoms with Gasteiger partial charge in [0.25, 0.3) is 5.91 Å². The Morgan fingerprint density at radius 3 is 2.52 bits per heavy atom. The minimum absolute atomic E-state index is 0.0112. The molecule has 3 aromatic rings. The van der Waals surface area contributed by atoms with E-state index in [1.807, 2.05) is 13.8 Å². The first-order valence-electron chi connectivity index (χ1n) is 9.64. The minimum Gasteiger partial charge on any atom is -0.343 e. The Balaban J connectivity index is 1.75. The van der Waals surface area contributed by atoms with Crippen LogP contribution in [-0.4, -0.2) is 55.2 Å². The zero-order valence-corrected chi connectivity index (χ0v) is 19.9. The highest BCUT2D eigenvalue weighted by Gasteiger charge is 2.18. The highest BCUT2D eigenvalue weighted by Crippen LogP contribution is 2.31. The molecule has 0 radical (unpaired) electrons. The highest BCUT2D eigenvalue weighted by molar-refractivity contribution is 8.01. The maximum absolute atomic E-state index is 12.7. The number of fused-ring (bicyclic) bond motifs is 1. The predicted octanol–water partition coefficient (Wildman–Crippen LogP) is 3.91. The molecular formula is C21H23N3O4S3. The van der Waals surface area contributed by atoms with E-state index in [4.69, 9.17) is 0 Å². The quantitative estimate of drug-likeness (QED) is 0.494. The Morgan fingerprint density at radius 1 is 1.13 bits per heavy atom. The summed E-state index contributed by atoms with van der Waals surface area (Å²) in [5.41, 5.74) is 1.41. The van der Waals surface area contributed by atoms with Gasteiger partial charge in [0.1, 0.15) is 0 Å². The van der Waals surface area contributed by atoms with Gasteiger partial charge >= 0.3 is 0 Å². The van der Waals surface area contributed by atoms with Gasteiger partial charge in [0.2, 0.25) is 5.91 Å². The molecule has 0 atom stereocenters. The van der Waals surface area contributed by atoms with Crippen LogP contribution in [0.3, 0.4) is 0 Å². The van der Waals surface area contributed by atoms with Crippen LogP contribution in [-0.2, 0) is 14.6 Å². The summed E-state index contributed by atoms with van der Waals surface area (Å²) in [5, 5.41) is 2.76. The number of aromatic nitrogens is 1. The topological polar surface area (TPSA) is 96.4 Å². The molecule has 1 aromatic heterocycles. The maximum Gasteiger partial charge on any atom is 0.256 e. The van der Waals surface area contributed by atoms with E-state index in [-0.39, 0.29) is 16.4 Å². The molecule has 0 aliphatic rings. The summed E-state index contributed by atoms with van der Waals surface area (Å²) >= 11 is 2.84. The molecule has 10 heteroatoms. The third-order valence-corrected chi connectivity index (χ3v) is 7.89. The van der Waals surface area contributed by atoms with Crippen molar-refractivity contribution in [2.24, 2.45) is 0 Å². The summed E-state index contributed by atoms with van der Waals surface area (Å²) in [6.45, 7) is 5.27. The molecule has 0 bridgehead atoms. The van der Waals surface area contributed by atoms with Crippen LogP contribution in [0.25, 0.3) is 10.2 Å². The Kier molecular flexibility index (Phi) is 7.34. The third kappa shape index (κ3) is 5.63. The van der Waals surface area contributed by atoms with Crippen LogP contribution in [0.15, 0.2) is 51.7 Å². The van der Waals surface area contributed by atoms with Gasteiger partial charge in [0, 0.05) is 25.0 Å². The number of sulfone groups is 1. The number of amides is 2. The Hall–Kier alpha value is -2.43. The molecule has 31 heavy (non-hydrogen) atoms. The van der Waals surface area contributed by atoms with Crippen LogP contribution in [0.5, 0.6) is 0 Å². The minimum atomic E-state index is -3.53. The molecule has 1 heterocycles. The largest absolute Gasteiger partial charge is 0.343 e. The maximum atomic E-state index is 12.7. The van der Waals surface area contributed by atoms with Crippen molar-refractivity contribution in [3.8, 4) is 0 Å². The number of hydrogen-bond donors (Lipinski definition) is 1. The number of nitrogens with zero attached hydrogens (tertiary/aromatic N) is 2. The first kappa shape index (κ1) is 23.2. The van der Waals surface area contributed by atoms with Crippen molar-refractivity contribution in [2.75, 3.05) is 30.4 Å². The van der Waals surface area contributed by atoms with Crippen molar-refractivity contribution >= 4 is 60.7 Å². The van der Waals surface area contributed by atoms with Crippen molar-refractivity contribution in [2.45, 2.75) is 23.1 Å². The number of nitrogens with one attached hydrogen (secondary N) is 1. The van der Waals surface area contributed by atoms with Crippen LogP contribution >= 0.6 is 23.1 Å². The summed E-state index contributed by atoms with van der Waals surface area (Å²) in [6.07, 6.45) is 1.08. The third-order valence-electron chi connectivity index (χ3n) is 4.59. The summed E-state index contributed by atoms with van der Waals surface area (Å²) < 4.78 is 25.6. The van der Waals surface area contributed by atoms with Crippen LogP contribution < -0.4 is 5.32 Å². The van der Waals surface area contributed by atoms with E-state index in [0.29, 0.717) is 24.5 Å². The van der Waals surface area contributed by atoms with Gasteiger partial charge in [0.15, 0.2) is 14.2 Å². The van der Waals surface area contributed by atoms with Crippen LogP contribution in [0, 0.1) is 0 Å². The van der Waals surface area contributed by atoms with E-state index in [1.165, 1.54) is 35.2 Å². The fraction of sp³-hybridized carbons (Fsp3) is 0.286. The Bertz CT molecular complexity index is 1220. The van der Waals surface area contributed by atoms with Gasteiger partial charge in [-0.15, -0.1) is 11.3 Å². The van der Waals surface area contributed by atoms with E-state index in [1.54, 1.807) is 35.2 Å². The molecule has 7 nitrogen and oxygen atoms in total. The van der Waals surface area contributed by atoms with Gasteiger partial charge in [-0.25, -0.2) is 13.4 Å². The van der Waals surface area contributed by atoms with Crippen molar-refractivity contribution in [3.63, 3.8) is 0 Å². The van der Waals surface area contributed by atoms with E-state index in [0.717, 1.165) is 20.8 Å². The number of anilines is 1. The molecule has 0 saturated heterocycles. The summed E-state index contributed by atoms with van der Waals surface area (Å²) in [6, 6.07) is 11.4. The molecule has 0 aliphatic carbocycles. The summed E-state index contributed by atoms with van der Waals surface area (Å²) in [5.74, 6) is -0.0936. The number of carbonyl (C=O) groups is 2. The van der Waals surface area contributed by atoms with Gasteiger partial charge < -0.3 is 10.2 Å². The molecule has 2 aromatic carbocycles. The van der Waals surface area contributed by atoms with Crippen molar-refractivity contribution in [1.82, 2.24) is 9.88 Å². The highest BCUT2D eigenvalue weighted by atomic mass is 32.2. The van der Waals surface area contributed by atoms with Gasteiger partial charge in [-0.2, -0.15) is 0 Å². The molecule has 0 saturated carbocycles. The molecule has 3 rings (SSSR count). The second-order valence-corrected chi connectivity index (χ2v) is 11.0. The van der Waals surface area contributed by atoms with Crippen molar-refractivity contribution < 1.29 is 18.0 Å². The van der Waals surface area contributed by atoms with Gasteiger partial charge in [-0.05, 0) is 44.2 Å². The number of hydrogen-bond acceptors (Lipinski definition) is 7. The van der Waals surface area contributed by atoms with Crippen LogP contribution in [0.2, 0.25) is 0 Å². The normalized spacial score (nSPS) is 11.5. The molecular weight excluding hydrogens is 454 g/mol. The molecule has 0 unspecified atom stereocenters. The van der Waals surface area contributed by atoms with E-state index >= 15 is 0 Å². The van der Waals surface area contributed by atoms with Gasteiger partial charge in [0.05, 0.1) is 26.4 Å². The van der Waals surface area contributed by atoms with E-state index in [9.17, 15) is 18.0 Å². The second-order valence-electron chi connectivity index (χ2n) is 6.74. The van der Waals surface area contributed by atoms with Crippen LogP contribution in [0.1, 0.15) is 24.2 Å². The van der Waals surface area contributed by atoms with Crippen molar-refractivity contribution in [1.29, 1.82) is 0 Å². The molecule has 0 fully saturated rings. The monoisotopic (exact) mass is 477 g/mol. The number of benzene rings is 2. The fourth-order valence-corrected chi connectivity index (χ4v) is 5.91. The molecule has 0 spiro atoms. The Labute approximate surface area is 189 Å². The zero-order chi connectivity index (χ0) is 22.6. The fourth-order valence-electron chi connectivity index (χ4n) is 3.01. The summed E-state index contributed by atoms with van der Waals surface area (Å²) in [4.78, 5) is 31.2. The van der Waals surface area contributed by atoms with Crippen molar-refractivity contribution in [3.05, 3.63) is 48.0 Å². The first-order valence-corrected chi connectivity index (χ1v) is 13.3. The van der Waals surface area contributed by atoms with Gasteiger partial charge in [-0.3, -0.25) is 9.59 Å². The predicted molar refractivity (Wildman–Crippen MR) is 126 cm³/mol. The average molecular weight is 478 g/mol. The van der Waals surface area contributed by atoms with Gasteiger partial charge in [-0.1, -0.05) is 23.9 Å². The molecule has 1 N–H and O–H groups in total. The average Bonchev–Trinajstić information content (AvgIpc) is 3.14. The van der Waals surface area contributed by atoms with E-state index < -0.39 is 15.7 Å². The molecule has 0 aliphatic heterocycles. The Morgan fingerprint density at radius 2 is 1.84 bits per heavy atom. The lowest BCUT2D eigenvalue weighted by molar-refractivity contribution is -0.127. The molecule has 164 valence electrons. The number of rotatable bonds is 8. The van der Waals surface area contributed by atoms with Crippen LogP contribution in [0.4, 0.5) is 5.69 Å². The van der Waals surface area contributed by atoms with E-state index in [2.05, 4.69) is 10.3 Å². The number of carbonyl (C=O) groups excluding carboxylic acids is 2. The lowest BCUT2D eigenvalue weighted by Crippen LogP contribution is -2.31. The first-order chi connectivity index (χ1) is 14.7. The second kappa shape index (κ2) is 9.80. The SMILES string of the molecule is CCN(CC)C(=O)CSc1nc2ccc(NC(=O)c3ccccc3S(C)(=O)=O)cc2s1. The lowest BCUT2D eigenvalue weighted by atomic mass is 10.2. The molecule has 2 amide bonds. The summed E-state index contributed by atoms with van der Waals surface area (Å²) in [7, 11) is -3.53.